The van der Waals surface area contributed by atoms with Gasteiger partial charge in [-0.25, -0.2) is 0 Å². The van der Waals surface area contributed by atoms with Crippen molar-refractivity contribution in [1.82, 2.24) is 25.1 Å². The molecule has 1 spiro atoms. The van der Waals surface area contributed by atoms with Gasteiger partial charge in [0.2, 0.25) is 0 Å². The average molecular weight is 516 g/mol. The lowest BCUT2D eigenvalue weighted by Crippen LogP contribution is -2.71. The van der Waals surface area contributed by atoms with E-state index in [0.29, 0.717) is 23.9 Å². The fraction of sp³-hybridized carbons (Fsp3) is 0.500. The van der Waals surface area contributed by atoms with E-state index in [1.807, 2.05) is 6.20 Å². The highest BCUT2D eigenvalue weighted by Gasteiger charge is 2.68. The lowest BCUT2D eigenvalue weighted by Gasteiger charge is -2.64. The molecule has 5 heteroatoms. The van der Waals surface area contributed by atoms with Crippen LogP contribution >= 0.6 is 0 Å². The number of para-hydroxylation sites is 2. The van der Waals surface area contributed by atoms with Gasteiger partial charge in [-0.2, -0.15) is 0 Å². The highest BCUT2D eigenvalue weighted by Crippen LogP contribution is 2.66. The molecule has 4 saturated heterocycles. The zero-order chi connectivity index (χ0) is 25.3. The van der Waals surface area contributed by atoms with Gasteiger partial charge in [-0.3, -0.25) is 9.88 Å². The first-order chi connectivity index (χ1) is 19.4. The van der Waals surface area contributed by atoms with Crippen LogP contribution in [0.3, 0.4) is 0 Å². The highest BCUT2D eigenvalue weighted by atomic mass is 15.3. The topological polar surface area (TPSA) is 45.1 Å². The zero-order valence-corrected chi connectivity index (χ0v) is 22.5. The number of aromatic nitrogens is 2. The molecule has 8 atom stereocenters. The van der Waals surface area contributed by atoms with E-state index < -0.39 is 0 Å². The Kier molecular flexibility index (Phi) is 4.36. The zero-order valence-electron chi connectivity index (χ0n) is 22.5. The van der Waals surface area contributed by atoms with Crippen LogP contribution in [-0.4, -0.2) is 58.8 Å². The Morgan fingerprint density at radius 3 is 2.67 bits per heavy atom. The quantitative estimate of drug-likeness (QED) is 0.352. The molecular weight excluding hydrogens is 478 g/mol. The van der Waals surface area contributed by atoms with Crippen LogP contribution in [0.15, 0.2) is 60.9 Å². The van der Waals surface area contributed by atoms with Crippen LogP contribution < -0.4 is 10.6 Å². The van der Waals surface area contributed by atoms with Gasteiger partial charge in [-0.05, 0) is 92.2 Å². The normalized spacial score (nSPS) is 38.4. The number of hydrogen-bond donors (Lipinski definition) is 2. The molecule has 6 aliphatic rings. The second-order valence-electron chi connectivity index (χ2n) is 13.3. The Bertz CT molecular complexity index is 1640. The van der Waals surface area contributed by atoms with Crippen molar-refractivity contribution in [3.8, 4) is 5.69 Å². The molecule has 1 saturated carbocycles. The molecule has 2 aromatic carbocycles. The van der Waals surface area contributed by atoms with Gasteiger partial charge < -0.3 is 15.2 Å². The molecule has 0 bridgehead atoms. The molecular formula is C34H37N5. The Hall–Kier alpha value is -2.73. The summed E-state index contributed by atoms with van der Waals surface area (Å²) in [5.74, 6) is 2.93. The van der Waals surface area contributed by atoms with Gasteiger partial charge in [0.1, 0.15) is 0 Å². The minimum atomic E-state index is 0.0570. The molecule has 2 N–H and O–H groups in total. The minimum Gasteiger partial charge on any atom is -0.316 e. The number of nitrogens with zero attached hydrogens (tertiary/aromatic N) is 3. The maximum atomic E-state index is 4.59. The number of piperidine rings is 3. The SMILES string of the molecule is c1ccc2c(c1)-n1c3ccncc3c3cccc(c31)C21C2CCNCC2N2C3CCNCC3C3CCCC1C32. The molecule has 5 nitrogen and oxygen atoms in total. The van der Waals surface area contributed by atoms with E-state index in [4.69, 9.17) is 0 Å². The second kappa shape index (κ2) is 7.72. The Morgan fingerprint density at radius 2 is 1.67 bits per heavy atom. The van der Waals surface area contributed by atoms with E-state index in [1.165, 1.54) is 72.7 Å². The smallest absolute Gasteiger partial charge is 0.0583 e. The lowest BCUT2D eigenvalue weighted by atomic mass is 9.47. The molecule has 10 rings (SSSR count). The van der Waals surface area contributed by atoms with Crippen molar-refractivity contribution >= 4 is 21.8 Å². The van der Waals surface area contributed by atoms with Crippen LogP contribution in [0.25, 0.3) is 27.5 Å². The molecule has 0 radical (unpaired) electrons. The highest BCUT2D eigenvalue weighted by molar-refractivity contribution is 6.11. The van der Waals surface area contributed by atoms with Gasteiger partial charge in [0.15, 0.2) is 0 Å². The molecule has 8 unspecified atom stereocenters. The van der Waals surface area contributed by atoms with Crippen LogP contribution in [0, 0.1) is 23.7 Å². The predicted octanol–water partition coefficient (Wildman–Crippen LogP) is 4.85. The number of pyridine rings is 1. The van der Waals surface area contributed by atoms with Gasteiger partial charge in [-0.1, -0.05) is 42.8 Å². The van der Waals surface area contributed by atoms with E-state index in [-0.39, 0.29) is 5.41 Å². The number of fused-ring (bicyclic) bond motifs is 14. The summed E-state index contributed by atoms with van der Waals surface area (Å²) in [6.07, 6.45) is 10.8. The van der Waals surface area contributed by atoms with E-state index in [9.17, 15) is 0 Å². The fourth-order valence-corrected chi connectivity index (χ4v) is 11.4. The minimum absolute atomic E-state index is 0.0570. The van der Waals surface area contributed by atoms with Crippen molar-refractivity contribution in [1.29, 1.82) is 0 Å². The first kappa shape index (κ1) is 22.0. The summed E-state index contributed by atoms with van der Waals surface area (Å²) in [6, 6.07) is 21.1. The largest absolute Gasteiger partial charge is 0.316 e. The van der Waals surface area contributed by atoms with Crippen LogP contribution in [0.4, 0.5) is 0 Å². The maximum absolute atomic E-state index is 4.59. The van der Waals surface area contributed by atoms with Crippen LogP contribution in [-0.2, 0) is 5.41 Å². The molecule has 2 aromatic heterocycles. The van der Waals surface area contributed by atoms with Gasteiger partial charge in [0.25, 0.3) is 0 Å². The van der Waals surface area contributed by atoms with Crippen molar-refractivity contribution < 1.29 is 0 Å². The molecule has 39 heavy (non-hydrogen) atoms. The predicted molar refractivity (Wildman–Crippen MR) is 155 cm³/mol. The van der Waals surface area contributed by atoms with Crippen molar-refractivity contribution in [3.63, 3.8) is 0 Å². The third kappa shape index (κ3) is 2.49. The maximum Gasteiger partial charge on any atom is 0.0583 e. The molecule has 5 fully saturated rings. The number of rotatable bonds is 0. The van der Waals surface area contributed by atoms with Crippen molar-refractivity contribution in [3.05, 3.63) is 72.1 Å². The fourth-order valence-electron chi connectivity index (χ4n) is 11.4. The lowest BCUT2D eigenvalue weighted by molar-refractivity contribution is -0.0821. The third-order valence-electron chi connectivity index (χ3n) is 12.3. The number of hydrogen-bond acceptors (Lipinski definition) is 4. The van der Waals surface area contributed by atoms with Crippen LogP contribution in [0.2, 0.25) is 0 Å². The summed E-state index contributed by atoms with van der Waals surface area (Å²) in [5, 5.41) is 10.4. The first-order valence-corrected chi connectivity index (χ1v) is 15.6. The third-order valence-corrected chi connectivity index (χ3v) is 12.3. The van der Waals surface area contributed by atoms with Crippen LogP contribution in [0.1, 0.15) is 43.2 Å². The average Bonchev–Trinajstić information content (AvgIpc) is 3.52. The van der Waals surface area contributed by atoms with E-state index >= 15 is 0 Å². The van der Waals surface area contributed by atoms with E-state index in [0.717, 1.165) is 31.0 Å². The van der Waals surface area contributed by atoms with Gasteiger partial charge in [0, 0.05) is 53.3 Å². The second-order valence-corrected chi connectivity index (χ2v) is 13.3. The molecule has 1 aliphatic carbocycles. The Labute approximate surface area is 230 Å². The summed E-state index contributed by atoms with van der Waals surface area (Å²) < 4.78 is 2.60. The van der Waals surface area contributed by atoms with Crippen molar-refractivity contribution in [2.45, 2.75) is 55.6 Å². The van der Waals surface area contributed by atoms with Crippen molar-refractivity contribution in [2.75, 3.05) is 26.2 Å². The van der Waals surface area contributed by atoms with E-state index in [1.54, 1.807) is 11.1 Å². The monoisotopic (exact) mass is 515 g/mol. The Balaban J connectivity index is 1.33. The molecule has 5 aliphatic heterocycles. The van der Waals surface area contributed by atoms with Gasteiger partial charge >= 0.3 is 0 Å². The summed E-state index contributed by atoms with van der Waals surface area (Å²) in [4.78, 5) is 7.74. The standard InChI is InChI=1S/C34H37N5/c1-2-10-30-24(7-1)34(26-8-3-5-20-22-17-35-15-12-28(22)38(30)32(20)26)25-11-14-37-19-31(25)39-29-13-16-36-18-23(29)21-6-4-9-27(34)33(21)39/h1-3,5,7-8,10,12,15,17,21,23,25,27,29,31,33,36-37H,4,6,9,11,13-14,16,18-19H2. The number of nitrogens with one attached hydrogen (secondary N) is 2. The van der Waals surface area contributed by atoms with Crippen molar-refractivity contribution in [2.24, 2.45) is 23.7 Å². The first-order valence-electron chi connectivity index (χ1n) is 15.6. The van der Waals surface area contributed by atoms with E-state index in [2.05, 4.69) is 79.8 Å². The number of benzene rings is 2. The van der Waals surface area contributed by atoms with Gasteiger partial charge in [-0.15, -0.1) is 0 Å². The summed E-state index contributed by atoms with van der Waals surface area (Å²) >= 11 is 0. The molecule has 7 heterocycles. The summed E-state index contributed by atoms with van der Waals surface area (Å²) in [5.41, 5.74) is 7.46. The molecule has 4 aromatic rings. The van der Waals surface area contributed by atoms with Gasteiger partial charge in [0.05, 0.1) is 16.7 Å². The van der Waals surface area contributed by atoms with Crippen LogP contribution in [0.5, 0.6) is 0 Å². The molecule has 0 amide bonds. The Morgan fingerprint density at radius 1 is 0.769 bits per heavy atom. The molecule has 198 valence electrons. The summed E-state index contributed by atoms with van der Waals surface area (Å²) in [7, 11) is 0. The summed E-state index contributed by atoms with van der Waals surface area (Å²) in [6.45, 7) is 4.69.